The highest BCUT2D eigenvalue weighted by Gasteiger charge is 2.39. The molecule has 0 aliphatic heterocycles. The molecule has 57 heavy (non-hydrogen) atoms. The van der Waals surface area contributed by atoms with Gasteiger partial charge in [0.1, 0.15) is 24.2 Å². The van der Waals surface area contributed by atoms with E-state index in [4.69, 9.17) is 35.3 Å². The van der Waals surface area contributed by atoms with Gasteiger partial charge in [0.15, 0.2) is 11.6 Å². The van der Waals surface area contributed by atoms with Crippen LogP contribution in [0.1, 0.15) is 49.7 Å². The summed E-state index contributed by atoms with van der Waals surface area (Å²) in [6.07, 6.45) is -3.98. The molecule has 0 saturated heterocycles. The van der Waals surface area contributed by atoms with Crippen molar-refractivity contribution in [3.05, 3.63) is 102 Å². The van der Waals surface area contributed by atoms with Gasteiger partial charge in [0.2, 0.25) is 5.91 Å². The van der Waals surface area contributed by atoms with Crippen molar-refractivity contribution >= 4 is 40.1 Å². The van der Waals surface area contributed by atoms with Crippen molar-refractivity contribution in [2.75, 3.05) is 17.7 Å². The number of nitrogens with zero attached hydrogens (tertiary/aromatic N) is 3. The van der Waals surface area contributed by atoms with Gasteiger partial charge >= 0.3 is 24.3 Å². The van der Waals surface area contributed by atoms with Gasteiger partial charge in [0, 0.05) is 40.6 Å². The van der Waals surface area contributed by atoms with Gasteiger partial charge in [-0.1, -0.05) is 43.3 Å². The number of nitrogen functional groups attached to an aromatic ring is 1. The topological polar surface area (TPSA) is 182 Å². The van der Waals surface area contributed by atoms with Crippen molar-refractivity contribution in [1.29, 1.82) is 0 Å². The SMILES string of the molecule is CCOc1cc(CC)cc(C(Nc2ccc3c(N)nccc3c2)c2nc(-c3ccccc3)cn2CC(=O)NC2CC2)c1F.O=C(O)C(F)(F)F.O=C(O)C(F)(F)F. The molecule has 6 N–H and O–H groups in total. The third kappa shape index (κ3) is 12.0. The van der Waals surface area contributed by atoms with E-state index in [0.29, 0.717) is 35.9 Å². The number of hydrogen-bond donors (Lipinski definition) is 5. The van der Waals surface area contributed by atoms with Gasteiger partial charge in [-0.05, 0) is 67.5 Å². The second kappa shape index (κ2) is 18.5. The highest BCUT2D eigenvalue weighted by atomic mass is 19.4. The molecule has 1 aliphatic carbocycles. The van der Waals surface area contributed by atoms with Crippen molar-refractivity contribution in [2.45, 2.75) is 64.1 Å². The number of aryl methyl sites for hydroxylation is 1. The lowest BCUT2D eigenvalue weighted by atomic mass is 9.99. The summed E-state index contributed by atoms with van der Waals surface area (Å²) in [6.45, 7) is 4.24. The molecule has 2 heterocycles. The fourth-order valence-electron chi connectivity index (χ4n) is 5.28. The number of nitrogens with one attached hydrogen (secondary N) is 2. The van der Waals surface area contributed by atoms with Crippen LogP contribution < -0.4 is 21.1 Å². The van der Waals surface area contributed by atoms with Crippen LogP contribution in [-0.2, 0) is 27.3 Å². The van der Waals surface area contributed by atoms with E-state index in [2.05, 4.69) is 15.6 Å². The van der Waals surface area contributed by atoms with Crippen molar-refractivity contribution in [1.82, 2.24) is 19.9 Å². The molecule has 6 rings (SSSR count). The molecule has 1 unspecified atom stereocenters. The lowest BCUT2D eigenvalue weighted by Gasteiger charge is -2.24. The Kier molecular flexibility index (Phi) is 14.1. The number of carboxylic acid groups (broad SMARTS) is 2. The van der Waals surface area contributed by atoms with E-state index in [0.717, 1.165) is 40.4 Å². The number of ether oxygens (including phenoxy) is 1. The number of anilines is 2. The van der Waals surface area contributed by atoms with E-state index < -0.39 is 36.2 Å². The average Bonchev–Trinajstić information content (AvgIpc) is 3.87. The van der Waals surface area contributed by atoms with Crippen molar-refractivity contribution in [3.63, 3.8) is 0 Å². The van der Waals surface area contributed by atoms with Crippen LogP contribution in [0.5, 0.6) is 5.75 Å². The highest BCUT2D eigenvalue weighted by molar-refractivity contribution is 5.93. The molecule has 0 bridgehead atoms. The Balaban J connectivity index is 0.000000440. The minimum atomic E-state index is -5.08. The van der Waals surface area contributed by atoms with Crippen LogP contribution in [0.25, 0.3) is 22.0 Å². The molecule has 3 aromatic carbocycles. The molecule has 5 aromatic rings. The molecule has 1 fully saturated rings. The Morgan fingerprint density at radius 3 is 2.14 bits per heavy atom. The zero-order valence-corrected chi connectivity index (χ0v) is 30.3. The number of benzene rings is 3. The quantitative estimate of drug-likeness (QED) is 0.0838. The Bertz CT molecular complexity index is 2170. The first-order chi connectivity index (χ1) is 26.8. The molecule has 1 amide bonds. The number of imidazole rings is 1. The lowest BCUT2D eigenvalue weighted by Crippen LogP contribution is -2.30. The van der Waals surface area contributed by atoms with E-state index in [1.165, 1.54) is 0 Å². The first kappa shape index (κ1) is 43.3. The normalized spacial score (nSPS) is 13.0. The predicted octanol–water partition coefficient (Wildman–Crippen LogP) is 7.53. The smallest absolute Gasteiger partial charge is 0.490 e. The number of halogens is 7. The standard InChI is InChI=1S/C34H35FN6O2.2C2HF3O2/c1-3-21-16-27(31(35)29(17-21)43-4-2)32(39-25-12-13-26-23(18-25)14-15-37-33(26)36)34-40-28(22-8-6-5-7-9-22)19-41(34)20-30(42)38-24-10-11-24;2*3-2(4,5)1(6)7/h5-9,12-19,24,32,39H,3-4,10-11,20H2,1-2H3,(H2,36,37)(H,38,42);2*(H,6,7). The summed E-state index contributed by atoms with van der Waals surface area (Å²) in [5, 5.41) is 22.6. The summed E-state index contributed by atoms with van der Waals surface area (Å²) in [7, 11) is 0. The minimum absolute atomic E-state index is 0.0528. The molecule has 304 valence electrons. The molecule has 12 nitrogen and oxygen atoms in total. The second-order valence-electron chi connectivity index (χ2n) is 12.4. The number of alkyl halides is 6. The zero-order valence-electron chi connectivity index (χ0n) is 30.3. The second-order valence-corrected chi connectivity index (χ2v) is 12.4. The van der Waals surface area contributed by atoms with Crippen LogP contribution in [-0.4, -0.2) is 67.6 Å². The number of aliphatic carboxylic acids is 2. The highest BCUT2D eigenvalue weighted by Crippen LogP contribution is 2.36. The summed E-state index contributed by atoms with van der Waals surface area (Å²) < 4.78 is 87.3. The number of pyridine rings is 1. The Morgan fingerprint density at radius 2 is 1.58 bits per heavy atom. The Labute approximate surface area is 320 Å². The minimum Gasteiger partial charge on any atom is -0.491 e. The summed E-state index contributed by atoms with van der Waals surface area (Å²) in [5.74, 6) is -4.95. The van der Waals surface area contributed by atoms with Gasteiger partial charge in [-0.15, -0.1) is 0 Å². The van der Waals surface area contributed by atoms with E-state index in [1.54, 1.807) is 12.3 Å². The monoisotopic (exact) mass is 806 g/mol. The first-order valence-corrected chi connectivity index (χ1v) is 17.2. The van der Waals surface area contributed by atoms with Crippen molar-refractivity contribution in [3.8, 4) is 17.0 Å². The summed E-state index contributed by atoms with van der Waals surface area (Å²) >= 11 is 0. The van der Waals surface area contributed by atoms with Gasteiger partial charge in [-0.3, -0.25) is 4.79 Å². The third-order valence-corrected chi connectivity index (χ3v) is 8.13. The van der Waals surface area contributed by atoms with Crippen molar-refractivity contribution < 1.29 is 60.1 Å². The molecule has 1 saturated carbocycles. The number of fused-ring (bicyclic) bond motifs is 1. The van der Waals surface area contributed by atoms with E-state index in [9.17, 15) is 31.1 Å². The van der Waals surface area contributed by atoms with Gasteiger partial charge in [-0.2, -0.15) is 26.3 Å². The number of carboxylic acids is 2. The fraction of sp³-hybridized carbons (Fsp3) is 0.289. The van der Waals surface area contributed by atoms with Gasteiger partial charge < -0.3 is 35.9 Å². The zero-order chi connectivity index (χ0) is 42.1. The van der Waals surface area contributed by atoms with Crippen LogP contribution >= 0.6 is 0 Å². The number of aromatic nitrogens is 3. The van der Waals surface area contributed by atoms with E-state index >= 15 is 4.39 Å². The number of carbonyl (C=O) groups excluding carboxylic acids is 1. The number of rotatable bonds is 11. The first-order valence-electron chi connectivity index (χ1n) is 17.2. The molecular weight excluding hydrogens is 769 g/mol. The van der Waals surface area contributed by atoms with Crippen LogP contribution in [0, 0.1) is 5.82 Å². The van der Waals surface area contributed by atoms with Crippen LogP contribution in [0.4, 0.5) is 42.2 Å². The summed E-state index contributed by atoms with van der Waals surface area (Å²) in [6, 6.07) is 20.4. The number of hydrogen-bond acceptors (Lipinski definition) is 8. The lowest BCUT2D eigenvalue weighted by molar-refractivity contribution is -0.193. The third-order valence-electron chi connectivity index (χ3n) is 8.13. The molecular formula is C38H37F7N6O6. The molecule has 0 radical (unpaired) electrons. The van der Waals surface area contributed by atoms with Gasteiger partial charge in [-0.25, -0.2) is 23.9 Å². The Morgan fingerprint density at radius 1 is 0.947 bits per heavy atom. The maximum atomic E-state index is 16.3. The predicted molar refractivity (Wildman–Crippen MR) is 195 cm³/mol. The molecule has 1 atom stereocenters. The molecule has 2 aromatic heterocycles. The fourth-order valence-corrected chi connectivity index (χ4v) is 5.28. The van der Waals surface area contributed by atoms with Crippen LogP contribution in [0.2, 0.25) is 0 Å². The molecule has 1 aliphatic rings. The number of carbonyl (C=O) groups is 3. The maximum Gasteiger partial charge on any atom is 0.490 e. The molecule has 19 heteroatoms. The largest absolute Gasteiger partial charge is 0.491 e. The van der Waals surface area contributed by atoms with Crippen molar-refractivity contribution in [2.24, 2.45) is 0 Å². The summed E-state index contributed by atoms with van der Waals surface area (Å²) in [4.78, 5) is 40.1. The van der Waals surface area contributed by atoms with Gasteiger partial charge in [0.25, 0.3) is 0 Å². The summed E-state index contributed by atoms with van der Waals surface area (Å²) in [5.41, 5.74) is 9.74. The Hall–Kier alpha value is -6.40. The molecule has 0 spiro atoms. The maximum absolute atomic E-state index is 16.3. The number of amides is 1. The number of nitrogens with two attached hydrogens (primary N) is 1. The van der Waals surface area contributed by atoms with E-state index in [1.807, 2.05) is 85.3 Å². The van der Waals surface area contributed by atoms with Gasteiger partial charge in [0.05, 0.1) is 12.3 Å². The van der Waals surface area contributed by atoms with E-state index in [-0.39, 0.29) is 24.2 Å². The average molecular weight is 807 g/mol. The van der Waals surface area contributed by atoms with Crippen LogP contribution in [0.3, 0.4) is 0 Å². The van der Waals surface area contributed by atoms with Crippen LogP contribution in [0.15, 0.2) is 79.1 Å².